The zero-order chi connectivity index (χ0) is 12.4. The fourth-order valence-corrected chi connectivity index (χ4v) is 2.21. The monoisotopic (exact) mass is 302 g/mol. The van der Waals surface area contributed by atoms with Gasteiger partial charge in [-0.25, -0.2) is 4.98 Å². The Bertz CT molecular complexity index is 404. The lowest BCUT2D eigenvalue weighted by molar-refractivity contribution is -0.0106. The largest absolute Gasteiger partial charge is 0.394 e. The van der Waals surface area contributed by atoms with E-state index in [0.717, 1.165) is 10.3 Å². The van der Waals surface area contributed by atoms with Gasteiger partial charge in [0.1, 0.15) is 5.82 Å². The van der Waals surface area contributed by atoms with Gasteiger partial charge >= 0.3 is 0 Å². The Morgan fingerprint density at radius 3 is 3.18 bits per heavy atom. The fourth-order valence-electron chi connectivity index (χ4n) is 1.80. The molecular formula is C10H15BrN4O2. The number of morpholine rings is 1. The molecule has 1 aromatic rings. The average molecular weight is 303 g/mol. The van der Waals surface area contributed by atoms with Crippen LogP contribution < -0.4 is 10.6 Å². The van der Waals surface area contributed by atoms with Gasteiger partial charge in [0.2, 0.25) is 5.95 Å². The summed E-state index contributed by atoms with van der Waals surface area (Å²) in [6.07, 6.45) is 1.45. The van der Waals surface area contributed by atoms with Crippen LogP contribution in [0.15, 0.2) is 10.7 Å². The van der Waals surface area contributed by atoms with Crippen LogP contribution in [0.25, 0.3) is 0 Å². The molecule has 0 spiro atoms. The summed E-state index contributed by atoms with van der Waals surface area (Å²) in [5, 5.41) is 9.15. The lowest BCUT2D eigenvalue weighted by Gasteiger charge is -2.38. The second-order valence-electron chi connectivity index (χ2n) is 4.04. The SMILES string of the molecule is CC1COC(CO)CN1c1nc(N)ncc1Br. The van der Waals surface area contributed by atoms with Crippen LogP contribution in [0.5, 0.6) is 0 Å². The molecule has 2 rings (SSSR count). The van der Waals surface area contributed by atoms with Crippen LogP contribution in [0.4, 0.5) is 11.8 Å². The van der Waals surface area contributed by atoms with E-state index in [2.05, 4.69) is 30.8 Å². The van der Waals surface area contributed by atoms with E-state index in [9.17, 15) is 0 Å². The minimum absolute atomic E-state index is 0.00139. The predicted octanol–water partition coefficient (Wildman–Crippen LogP) is 0.407. The van der Waals surface area contributed by atoms with E-state index in [-0.39, 0.29) is 24.7 Å². The first-order valence-corrected chi connectivity index (χ1v) is 6.18. The molecule has 94 valence electrons. The third kappa shape index (κ3) is 2.67. The Labute approximate surface area is 108 Å². The molecule has 0 amide bonds. The number of anilines is 2. The predicted molar refractivity (Wildman–Crippen MR) is 67.8 cm³/mol. The molecule has 1 aliphatic heterocycles. The smallest absolute Gasteiger partial charge is 0.222 e. The van der Waals surface area contributed by atoms with Gasteiger partial charge in [-0.1, -0.05) is 0 Å². The maximum atomic E-state index is 9.15. The third-order valence-corrected chi connectivity index (χ3v) is 3.28. The van der Waals surface area contributed by atoms with Gasteiger partial charge in [-0.15, -0.1) is 0 Å². The molecule has 2 unspecified atom stereocenters. The van der Waals surface area contributed by atoms with Crippen LogP contribution in [0, 0.1) is 0 Å². The number of nitrogens with two attached hydrogens (primary N) is 1. The van der Waals surface area contributed by atoms with Crippen molar-refractivity contribution in [3.63, 3.8) is 0 Å². The highest BCUT2D eigenvalue weighted by Gasteiger charge is 2.28. The average Bonchev–Trinajstić information content (AvgIpc) is 2.33. The van der Waals surface area contributed by atoms with Gasteiger partial charge in [0.25, 0.3) is 0 Å². The van der Waals surface area contributed by atoms with Crippen LogP contribution in [0.2, 0.25) is 0 Å². The lowest BCUT2D eigenvalue weighted by Crippen LogP contribution is -2.50. The highest BCUT2D eigenvalue weighted by molar-refractivity contribution is 9.10. The fraction of sp³-hybridized carbons (Fsp3) is 0.600. The molecule has 0 saturated carbocycles. The van der Waals surface area contributed by atoms with Crippen molar-refractivity contribution in [2.24, 2.45) is 0 Å². The number of nitrogens with zero attached hydrogens (tertiary/aromatic N) is 3. The maximum absolute atomic E-state index is 9.15. The molecule has 0 bridgehead atoms. The molecule has 1 aliphatic rings. The number of nitrogen functional groups attached to an aromatic ring is 1. The van der Waals surface area contributed by atoms with E-state index in [4.69, 9.17) is 15.6 Å². The summed E-state index contributed by atoms with van der Waals surface area (Å²) in [6, 6.07) is 0.184. The summed E-state index contributed by atoms with van der Waals surface area (Å²) in [6.45, 7) is 3.19. The first kappa shape index (κ1) is 12.5. The van der Waals surface area contributed by atoms with Crippen molar-refractivity contribution in [2.45, 2.75) is 19.1 Å². The van der Waals surface area contributed by atoms with Crippen LogP contribution in [0.1, 0.15) is 6.92 Å². The van der Waals surface area contributed by atoms with Crippen molar-refractivity contribution in [1.82, 2.24) is 9.97 Å². The normalized spacial score (nSPS) is 25.0. The van der Waals surface area contributed by atoms with Crippen molar-refractivity contribution in [3.8, 4) is 0 Å². The molecule has 2 atom stereocenters. The Balaban J connectivity index is 2.27. The molecule has 1 saturated heterocycles. The molecule has 1 aromatic heterocycles. The topological polar surface area (TPSA) is 84.5 Å². The molecule has 6 nitrogen and oxygen atoms in total. The van der Waals surface area contributed by atoms with Crippen LogP contribution >= 0.6 is 15.9 Å². The molecule has 3 N–H and O–H groups in total. The summed E-state index contributed by atoms with van der Waals surface area (Å²) in [7, 11) is 0. The third-order valence-electron chi connectivity index (χ3n) is 2.73. The minimum Gasteiger partial charge on any atom is -0.394 e. The van der Waals surface area contributed by atoms with Gasteiger partial charge in [0.05, 0.1) is 29.8 Å². The zero-order valence-electron chi connectivity index (χ0n) is 9.51. The lowest BCUT2D eigenvalue weighted by atomic mass is 10.2. The molecule has 0 aromatic carbocycles. The first-order chi connectivity index (χ1) is 8.11. The van der Waals surface area contributed by atoms with E-state index in [1.165, 1.54) is 0 Å². The molecule has 17 heavy (non-hydrogen) atoms. The van der Waals surface area contributed by atoms with Gasteiger partial charge in [-0.2, -0.15) is 4.98 Å². The zero-order valence-corrected chi connectivity index (χ0v) is 11.1. The van der Waals surface area contributed by atoms with Gasteiger partial charge in [0, 0.05) is 12.7 Å². The second kappa shape index (κ2) is 5.16. The number of halogens is 1. The molecular weight excluding hydrogens is 288 g/mol. The Hall–Kier alpha value is -0.920. The number of hydrogen-bond donors (Lipinski definition) is 2. The highest BCUT2D eigenvalue weighted by Crippen LogP contribution is 2.27. The van der Waals surface area contributed by atoms with Crippen LogP contribution in [-0.4, -0.2) is 47.0 Å². The highest BCUT2D eigenvalue weighted by atomic mass is 79.9. The minimum atomic E-state index is -0.186. The summed E-state index contributed by atoms with van der Waals surface area (Å²) in [5.41, 5.74) is 5.60. The summed E-state index contributed by atoms with van der Waals surface area (Å²) in [5.74, 6) is 0.981. The van der Waals surface area contributed by atoms with E-state index in [1.807, 2.05) is 6.92 Å². The van der Waals surface area contributed by atoms with Crippen molar-refractivity contribution >= 4 is 27.7 Å². The van der Waals surface area contributed by atoms with Gasteiger partial charge in [-0.05, 0) is 22.9 Å². The van der Waals surface area contributed by atoms with E-state index >= 15 is 0 Å². The molecule has 7 heteroatoms. The molecule has 2 heterocycles. The summed E-state index contributed by atoms with van der Waals surface area (Å²) < 4.78 is 6.27. The number of hydrogen-bond acceptors (Lipinski definition) is 6. The standard InChI is InChI=1S/C10H15BrN4O2/c1-6-5-17-7(4-16)3-15(6)9-8(11)2-13-10(12)14-9/h2,6-7,16H,3-5H2,1H3,(H2,12,13,14). The second-order valence-corrected chi connectivity index (χ2v) is 4.89. The van der Waals surface area contributed by atoms with Crippen molar-refractivity contribution in [2.75, 3.05) is 30.4 Å². The maximum Gasteiger partial charge on any atom is 0.222 e. The Morgan fingerprint density at radius 2 is 2.47 bits per heavy atom. The van der Waals surface area contributed by atoms with Gasteiger partial charge < -0.3 is 20.5 Å². The van der Waals surface area contributed by atoms with Crippen molar-refractivity contribution < 1.29 is 9.84 Å². The first-order valence-electron chi connectivity index (χ1n) is 5.39. The molecule has 1 fully saturated rings. The Kier molecular flexibility index (Phi) is 3.80. The quantitative estimate of drug-likeness (QED) is 0.823. The number of rotatable bonds is 2. The molecule has 0 aliphatic carbocycles. The van der Waals surface area contributed by atoms with Crippen molar-refractivity contribution in [1.29, 1.82) is 0 Å². The molecule has 0 radical (unpaired) electrons. The summed E-state index contributed by atoms with van der Waals surface area (Å²) in [4.78, 5) is 10.2. The van der Waals surface area contributed by atoms with Gasteiger partial charge in [0.15, 0.2) is 0 Å². The number of ether oxygens (including phenoxy) is 1. The van der Waals surface area contributed by atoms with E-state index in [1.54, 1.807) is 6.20 Å². The van der Waals surface area contributed by atoms with Crippen LogP contribution in [-0.2, 0) is 4.74 Å². The number of aliphatic hydroxyl groups excluding tert-OH is 1. The van der Waals surface area contributed by atoms with Gasteiger partial charge in [-0.3, -0.25) is 0 Å². The van der Waals surface area contributed by atoms with E-state index in [0.29, 0.717) is 13.2 Å². The Morgan fingerprint density at radius 1 is 1.71 bits per heavy atom. The van der Waals surface area contributed by atoms with Crippen LogP contribution in [0.3, 0.4) is 0 Å². The van der Waals surface area contributed by atoms with E-state index < -0.39 is 0 Å². The number of aromatic nitrogens is 2. The summed E-state index contributed by atoms with van der Waals surface area (Å²) >= 11 is 3.41. The number of aliphatic hydroxyl groups is 1. The van der Waals surface area contributed by atoms with Crippen molar-refractivity contribution in [3.05, 3.63) is 10.7 Å².